The van der Waals surface area contributed by atoms with Gasteiger partial charge in [0.15, 0.2) is 0 Å². The zero-order valence-electron chi connectivity index (χ0n) is 12.5. The number of hydrogen-bond donors (Lipinski definition) is 1. The molecule has 0 heterocycles. The van der Waals surface area contributed by atoms with Gasteiger partial charge in [0.05, 0.1) is 12.2 Å². The molecule has 4 heteroatoms. The Labute approximate surface area is 130 Å². The molecule has 112 valence electrons. The summed E-state index contributed by atoms with van der Waals surface area (Å²) in [6, 6.07) is 6.45. The molecule has 0 bridgehead atoms. The van der Waals surface area contributed by atoms with Gasteiger partial charge in [-0.1, -0.05) is 15.9 Å². The Hall–Kier alpha value is -0.580. The average Bonchev–Trinajstić information content (AvgIpc) is 2.41. The summed E-state index contributed by atoms with van der Waals surface area (Å²) in [4.78, 5) is 0. The molecule has 0 radical (unpaired) electrons. The summed E-state index contributed by atoms with van der Waals surface area (Å²) in [7, 11) is 3.83. The van der Waals surface area contributed by atoms with E-state index in [1.165, 1.54) is 12.0 Å². The van der Waals surface area contributed by atoms with Gasteiger partial charge in [-0.25, -0.2) is 0 Å². The number of rotatable bonds is 7. The van der Waals surface area contributed by atoms with Crippen LogP contribution in [0.4, 0.5) is 0 Å². The lowest BCUT2D eigenvalue weighted by atomic mass is 9.74. The highest BCUT2D eigenvalue weighted by atomic mass is 79.9. The summed E-state index contributed by atoms with van der Waals surface area (Å²) >= 11 is 3.56. The molecule has 1 atom stereocenters. The van der Waals surface area contributed by atoms with E-state index in [1.807, 2.05) is 33.2 Å². The second-order valence-corrected chi connectivity index (χ2v) is 6.32. The summed E-state index contributed by atoms with van der Waals surface area (Å²) in [5.41, 5.74) is 1.24. The van der Waals surface area contributed by atoms with Crippen molar-refractivity contribution < 1.29 is 9.47 Å². The van der Waals surface area contributed by atoms with Gasteiger partial charge in [-0.2, -0.15) is 0 Å². The second-order valence-electron chi connectivity index (χ2n) is 5.40. The Balaban J connectivity index is 2.23. The molecular formula is C16H24BrNO2. The number of ether oxygens (including phenoxy) is 2. The number of hydrogen-bond acceptors (Lipinski definition) is 3. The Morgan fingerprint density at radius 1 is 1.40 bits per heavy atom. The van der Waals surface area contributed by atoms with Gasteiger partial charge in [0, 0.05) is 23.2 Å². The molecule has 20 heavy (non-hydrogen) atoms. The fourth-order valence-corrected chi connectivity index (χ4v) is 3.26. The van der Waals surface area contributed by atoms with Gasteiger partial charge < -0.3 is 14.8 Å². The summed E-state index contributed by atoms with van der Waals surface area (Å²) in [6.07, 6.45) is 4.55. The van der Waals surface area contributed by atoms with E-state index in [0.717, 1.165) is 29.5 Å². The van der Waals surface area contributed by atoms with Crippen molar-refractivity contribution in [2.24, 2.45) is 0 Å². The van der Waals surface area contributed by atoms with Crippen LogP contribution in [0.1, 0.15) is 44.2 Å². The molecule has 0 saturated heterocycles. The Bertz CT molecular complexity index is 441. The molecule has 3 nitrogen and oxygen atoms in total. The highest BCUT2D eigenvalue weighted by Crippen LogP contribution is 2.43. The van der Waals surface area contributed by atoms with Gasteiger partial charge in [0.25, 0.3) is 0 Å². The Morgan fingerprint density at radius 2 is 2.15 bits per heavy atom. The Kier molecular flexibility index (Phi) is 5.47. The van der Waals surface area contributed by atoms with Crippen LogP contribution in [0.3, 0.4) is 0 Å². The smallest absolute Gasteiger partial charge is 0.124 e. The predicted octanol–water partition coefficient (Wildman–Crippen LogP) is 4.07. The fourth-order valence-electron chi connectivity index (χ4n) is 2.88. The first kappa shape index (κ1) is 15.8. The number of benzene rings is 1. The molecule has 0 amide bonds. The Morgan fingerprint density at radius 3 is 2.65 bits per heavy atom. The second kappa shape index (κ2) is 6.92. The molecule has 1 saturated carbocycles. The van der Waals surface area contributed by atoms with E-state index in [0.29, 0.717) is 6.61 Å². The van der Waals surface area contributed by atoms with Gasteiger partial charge >= 0.3 is 0 Å². The van der Waals surface area contributed by atoms with Crippen molar-refractivity contribution in [2.75, 3.05) is 20.8 Å². The lowest BCUT2D eigenvalue weighted by Crippen LogP contribution is -2.42. The van der Waals surface area contributed by atoms with E-state index >= 15 is 0 Å². The molecule has 1 aliphatic carbocycles. The molecule has 0 spiro atoms. The molecule has 1 aliphatic rings. The van der Waals surface area contributed by atoms with Crippen LogP contribution in [0.15, 0.2) is 22.7 Å². The summed E-state index contributed by atoms with van der Waals surface area (Å²) in [5, 5.41) is 3.42. The average molecular weight is 342 g/mol. The molecule has 0 aromatic heterocycles. The van der Waals surface area contributed by atoms with Crippen molar-refractivity contribution in [3.8, 4) is 5.75 Å². The SMILES string of the molecule is CCOc1ccc(Br)cc1C(CC1(OC)CCC1)NC. The molecule has 0 aliphatic heterocycles. The third-order valence-electron chi connectivity index (χ3n) is 4.27. The first-order valence-electron chi connectivity index (χ1n) is 7.29. The van der Waals surface area contributed by atoms with E-state index in [1.54, 1.807) is 0 Å². The zero-order valence-corrected chi connectivity index (χ0v) is 14.1. The normalized spacial score (nSPS) is 18.4. The topological polar surface area (TPSA) is 30.5 Å². The monoisotopic (exact) mass is 341 g/mol. The summed E-state index contributed by atoms with van der Waals surface area (Å²) in [5.74, 6) is 0.959. The quantitative estimate of drug-likeness (QED) is 0.810. The maximum Gasteiger partial charge on any atom is 0.124 e. The van der Waals surface area contributed by atoms with E-state index in [9.17, 15) is 0 Å². The molecule has 1 fully saturated rings. The van der Waals surface area contributed by atoms with E-state index < -0.39 is 0 Å². The van der Waals surface area contributed by atoms with Crippen LogP contribution in [-0.4, -0.2) is 26.4 Å². The van der Waals surface area contributed by atoms with Crippen LogP contribution in [0, 0.1) is 0 Å². The largest absolute Gasteiger partial charge is 0.494 e. The van der Waals surface area contributed by atoms with Crippen LogP contribution < -0.4 is 10.1 Å². The van der Waals surface area contributed by atoms with Gasteiger partial charge in [-0.3, -0.25) is 0 Å². The minimum Gasteiger partial charge on any atom is -0.494 e. The standard InChI is InChI=1S/C16H24BrNO2/c1-4-20-15-7-6-12(17)10-13(15)14(18-2)11-16(19-3)8-5-9-16/h6-7,10,14,18H,4-5,8-9,11H2,1-3H3. The molecule has 1 aromatic rings. The van der Waals surface area contributed by atoms with E-state index in [2.05, 4.69) is 27.3 Å². The van der Waals surface area contributed by atoms with Crippen LogP contribution in [0.2, 0.25) is 0 Å². The van der Waals surface area contributed by atoms with Gasteiger partial charge in [0.2, 0.25) is 0 Å². The third kappa shape index (κ3) is 3.35. The minimum absolute atomic E-state index is 0.0411. The zero-order chi connectivity index (χ0) is 14.6. The number of halogens is 1. The first-order valence-corrected chi connectivity index (χ1v) is 8.08. The maximum atomic E-state index is 5.77. The minimum atomic E-state index is 0.0411. The molecule has 1 aromatic carbocycles. The van der Waals surface area contributed by atoms with Crippen molar-refractivity contribution in [1.29, 1.82) is 0 Å². The van der Waals surface area contributed by atoms with Crippen LogP contribution in [0.5, 0.6) is 5.75 Å². The van der Waals surface area contributed by atoms with Gasteiger partial charge in [0.1, 0.15) is 5.75 Å². The maximum absolute atomic E-state index is 5.77. The van der Waals surface area contributed by atoms with E-state index in [4.69, 9.17) is 9.47 Å². The lowest BCUT2D eigenvalue weighted by molar-refractivity contribution is -0.0835. The molecule has 1 unspecified atom stereocenters. The van der Waals surface area contributed by atoms with Gasteiger partial charge in [-0.05, 0) is 57.9 Å². The van der Waals surface area contributed by atoms with Gasteiger partial charge in [-0.15, -0.1) is 0 Å². The van der Waals surface area contributed by atoms with Crippen LogP contribution in [0.25, 0.3) is 0 Å². The summed E-state index contributed by atoms with van der Waals surface area (Å²) in [6.45, 7) is 2.70. The predicted molar refractivity (Wildman–Crippen MR) is 85.3 cm³/mol. The number of nitrogens with one attached hydrogen (secondary N) is 1. The molecule has 2 rings (SSSR count). The molecular weight excluding hydrogens is 318 g/mol. The number of methoxy groups -OCH3 is 1. The summed E-state index contributed by atoms with van der Waals surface area (Å²) < 4.78 is 12.6. The highest BCUT2D eigenvalue weighted by Gasteiger charge is 2.39. The van der Waals surface area contributed by atoms with Crippen molar-refractivity contribution in [3.63, 3.8) is 0 Å². The fraction of sp³-hybridized carbons (Fsp3) is 0.625. The first-order chi connectivity index (χ1) is 9.64. The lowest BCUT2D eigenvalue weighted by Gasteiger charge is -2.43. The van der Waals surface area contributed by atoms with E-state index in [-0.39, 0.29) is 11.6 Å². The highest BCUT2D eigenvalue weighted by molar-refractivity contribution is 9.10. The van der Waals surface area contributed by atoms with Crippen LogP contribution in [-0.2, 0) is 4.74 Å². The van der Waals surface area contributed by atoms with Crippen molar-refractivity contribution in [3.05, 3.63) is 28.2 Å². The third-order valence-corrected chi connectivity index (χ3v) is 4.76. The van der Waals surface area contributed by atoms with Crippen LogP contribution >= 0.6 is 15.9 Å². The van der Waals surface area contributed by atoms with Crippen molar-refractivity contribution in [2.45, 2.75) is 44.2 Å². The van der Waals surface area contributed by atoms with Crippen molar-refractivity contribution >= 4 is 15.9 Å². The van der Waals surface area contributed by atoms with Crippen molar-refractivity contribution in [1.82, 2.24) is 5.32 Å². The molecule has 1 N–H and O–H groups in total.